The van der Waals surface area contributed by atoms with Gasteiger partial charge in [0.05, 0.1) is 21.3 Å². The van der Waals surface area contributed by atoms with E-state index in [1.165, 1.54) is 19.1 Å². The van der Waals surface area contributed by atoms with Gasteiger partial charge in [-0.15, -0.1) is 11.3 Å². The van der Waals surface area contributed by atoms with Crippen LogP contribution in [0.2, 0.25) is 10.0 Å². The molecule has 2 aromatic carbocycles. The number of nitrogens with one attached hydrogen (secondary N) is 3. The summed E-state index contributed by atoms with van der Waals surface area (Å²) in [5.74, 6) is -2.40. The van der Waals surface area contributed by atoms with E-state index in [1.807, 2.05) is 0 Å². The highest BCUT2D eigenvalue weighted by atomic mass is 35.5. The Morgan fingerprint density at radius 1 is 1.00 bits per heavy atom. The molecular weight excluding hydrogens is 552 g/mol. The van der Waals surface area contributed by atoms with E-state index < -0.39 is 29.3 Å². The van der Waals surface area contributed by atoms with Crippen LogP contribution in [0.15, 0.2) is 48.5 Å². The number of aliphatic carboxylic acids is 1. The first-order valence-electron chi connectivity index (χ1n) is 12.1. The fourth-order valence-corrected chi connectivity index (χ4v) is 6.14. The molecule has 1 aliphatic carbocycles. The SMILES string of the molecule is C[C@@](NC(=O)c1cc(-c2ccc(F)cc2)sc1NC(=O)Nc1c(Cl)cccc1Cl)(C(=O)O)C1CCCCC1. The first-order valence-corrected chi connectivity index (χ1v) is 13.6. The van der Waals surface area contributed by atoms with Crippen molar-refractivity contribution in [1.29, 1.82) is 0 Å². The number of para-hydroxylation sites is 1. The summed E-state index contributed by atoms with van der Waals surface area (Å²) in [6.07, 6.45) is 4.21. The number of rotatable bonds is 7. The average Bonchev–Trinajstić information content (AvgIpc) is 3.31. The Kier molecular flexibility index (Phi) is 8.60. The predicted octanol–water partition coefficient (Wildman–Crippen LogP) is 7.66. The molecule has 0 spiro atoms. The van der Waals surface area contributed by atoms with Gasteiger partial charge < -0.3 is 15.7 Å². The number of benzene rings is 2. The number of amides is 3. The second-order valence-electron chi connectivity index (χ2n) is 9.33. The lowest BCUT2D eigenvalue weighted by molar-refractivity contribution is -0.146. The van der Waals surface area contributed by atoms with E-state index in [1.54, 1.807) is 36.4 Å². The lowest BCUT2D eigenvalue weighted by Crippen LogP contribution is -2.57. The van der Waals surface area contributed by atoms with Crippen molar-refractivity contribution in [2.75, 3.05) is 10.6 Å². The Balaban J connectivity index is 1.65. The Morgan fingerprint density at radius 2 is 1.63 bits per heavy atom. The minimum atomic E-state index is -1.49. The second kappa shape index (κ2) is 11.7. The Labute approximate surface area is 233 Å². The molecule has 3 aromatic rings. The molecule has 1 atom stereocenters. The van der Waals surface area contributed by atoms with Crippen LogP contribution in [0.25, 0.3) is 10.4 Å². The van der Waals surface area contributed by atoms with Crippen LogP contribution in [0.1, 0.15) is 49.4 Å². The van der Waals surface area contributed by atoms with E-state index in [-0.39, 0.29) is 32.2 Å². The monoisotopic (exact) mass is 577 g/mol. The van der Waals surface area contributed by atoms with Crippen LogP contribution in [-0.4, -0.2) is 28.6 Å². The highest BCUT2D eigenvalue weighted by molar-refractivity contribution is 7.20. The lowest BCUT2D eigenvalue weighted by atomic mass is 9.75. The molecule has 1 heterocycles. The molecule has 1 saturated carbocycles. The first-order chi connectivity index (χ1) is 18.1. The Morgan fingerprint density at radius 3 is 2.24 bits per heavy atom. The number of thiophene rings is 1. The minimum absolute atomic E-state index is 0.0815. The van der Waals surface area contributed by atoms with Crippen molar-refractivity contribution in [2.24, 2.45) is 5.92 Å². The maximum Gasteiger partial charge on any atom is 0.329 e. The van der Waals surface area contributed by atoms with Gasteiger partial charge in [-0.25, -0.2) is 14.0 Å². The highest BCUT2D eigenvalue weighted by Crippen LogP contribution is 2.38. The van der Waals surface area contributed by atoms with Gasteiger partial charge in [-0.3, -0.25) is 10.1 Å². The molecule has 0 saturated heterocycles. The number of hydrogen-bond acceptors (Lipinski definition) is 4. The molecule has 4 N–H and O–H groups in total. The zero-order valence-corrected chi connectivity index (χ0v) is 22.8. The summed E-state index contributed by atoms with van der Waals surface area (Å²) in [6, 6.07) is 11.3. The van der Waals surface area contributed by atoms with Gasteiger partial charge in [0.1, 0.15) is 16.4 Å². The van der Waals surface area contributed by atoms with Gasteiger partial charge >= 0.3 is 12.0 Å². The third kappa shape index (κ3) is 6.11. The fourth-order valence-electron chi connectivity index (χ4n) is 4.59. The smallest absolute Gasteiger partial charge is 0.329 e. The van der Waals surface area contributed by atoms with Gasteiger partial charge in [-0.2, -0.15) is 0 Å². The van der Waals surface area contributed by atoms with Crippen molar-refractivity contribution >= 4 is 63.1 Å². The molecule has 1 fully saturated rings. The van der Waals surface area contributed by atoms with Crippen LogP contribution in [0.3, 0.4) is 0 Å². The molecule has 0 unspecified atom stereocenters. The number of hydrogen-bond donors (Lipinski definition) is 4. The standard InChI is InChI=1S/C27H26Cl2FN3O4S/c1-27(25(35)36,16-6-3-2-4-7-16)33-23(34)18-14-21(15-10-12-17(30)13-11-15)38-24(18)32-26(37)31-22-19(28)8-5-9-20(22)29/h5,8-14,16H,2-4,6-7H2,1H3,(H,33,34)(H,35,36)(H2,31,32,37)/t27-/m0/s1. The van der Waals surface area contributed by atoms with Crippen LogP contribution in [0, 0.1) is 11.7 Å². The van der Waals surface area contributed by atoms with E-state index in [4.69, 9.17) is 23.2 Å². The fraction of sp³-hybridized carbons (Fsp3) is 0.296. The molecule has 4 rings (SSSR count). The minimum Gasteiger partial charge on any atom is -0.480 e. The Hall–Kier alpha value is -3.14. The number of urea groups is 1. The van der Waals surface area contributed by atoms with Gasteiger partial charge in [-0.1, -0.05) is 60.7 Å². The quantitative estimate of drug-likeness (QED) is 0.231. The molecular formula is C27H26Cl2FN3O4S. The average molecular weight is 578 g/mol. The van der Waals surface area contributed by atoms with E-state index in [0.29, 0.717) is 23.3 Å². The number of carboxylic acid groups (broad SMARTS) is 1. The van der Waals surface area contributed by atoms with Crippen molar-refractivity contribution in [3.8, 4) is 10.4 Å². The molecule has 1 aliphatic rings. The van der Waals surface area contributed by atoms with Gasteiger partial charge in [0.15, 0.2) is 0 Å². The molecule has 11 heteroatoms. The summed E-state index contributed by atoms with van der Waals surface area (Å²) >= 11 is 13.4. The van der Waals surface area contributed by atoms with Crippen LogP contribution < -0.4 is 16.0 Å². The lowest BCUT2D eigenvalue weighted by Gasteiger charge is -2.37. The van der Waals surface area contributed by atoms with E-state index in [0.717, 1.165) is 30.6 Å². The molecule has 0 aliphatic heterocycles. The summed E-state index contributed by atoms with van der Waals surface area (Å²) in [5.41, 5.74) is -0.579. The van der Waals surface area contributed by atoms with Crippen LogP contribution in [-0.2, 0) is 4.79 Å². The maximum absolute atomic E-state index is 13.5. The number of carbonyl (C=O) groups excluding carboxylic acids is 2. The summed E-state index contributed by atoms with van der Waals surface area (Å²) in [5, 5.41) is 18.7. The zero-order chi connectivity index (χ0) is 27.4. The molecule has 0 radical (unpaired) electrons. The van der Waals surface area contributed by atoms with Crippen LogP contribution in [0.5, 0.6) is 0 Å². The summed E-state index contributed by atoms with van der Waals surface area (Å²) in [4.78, 5) is 39.3. The number of halogens is 3. The van der Waals surface area contributed by atoms with Crippen molar-refractivity contribution < 1.29 is 23.9 Å². The molecule has 7 nitrogen and oxygen atoms in total. The van der Waals surface area contributed by atoms with Crippen molar-refractivity contribution in [3.63, 3.8) is 0 Å². The first kappa shape index (κ1) is 27.9. The molecule has 1 aromatic heterocycles. The number of anilines is 2. The van der Waals surface area contributed by atoms with Crippen molar-refractivity contribution in [1.82, 2.24) is 5.32 Å². The van der Waals surface area contributed by atoms with Gasteiger partial charge in [0.25, 0.3) is 5.91 Å². The summed E-state index contributed by atoms with van der Waals surface area (Å²) in [7, 11) is 0. The zero-order valence-electron chi connectivity index (χ0n) is 20.4. The molecule has 0 bridgehead atoms. The normalized spacial score (nSPS) is 15.4. The van der Waals surface area contributed by atoms with Crippen molar-refractivity contribution in [3.05, 3.63) is 70.0 Å². The molecule has 3 amide bonds. The van der Waals surface area contributed by atoms with Crippen molar-refractivity contribution in [2.45, 2.75) is 44.6 Å². The largest absolute Gasteiger partial charge is 0.480 e. The predicted molar refractivity (Wildman–Crippen MR) is 149 cm³/mol. The topological polar surface area (TPSA) is 108 Å². The molecule has 38 heavy (non-hydrogen) atoms. The van der Waals surface area contributed by atoms with Gasteiger partial charge in [-0.05, 0) is 61.6 Å². The van der Waals surface area contributed by atoms with E-state index in [2.05, 4.69) is 16.0 Å². The Bertz CT molecular complexity index is 1340. The number of carbonyl (C=O) groups is 3. The van der Waals surface area contributed by atoms with Gasteiger partial charge in [0, 0.05) is 4.88 Å². The van der Waals surface area contributed by atoms with E-state index in [9.17, 15) is 23.9 Å². The third-order valence-corrected chi connectivity index (χ3v) is 8.50. The maximum atomic E-state index is 13.5. The second-order valence-corrected chi connectivity index (χ2v) is 11.2. The van der Waals surface area contributed by atoms with Crippen LogP contribution in [0.4, 0.5) is 19.9 Å². The van der Waals surface area contributed by atoms with E-state index >= 15 is 0 Å². The van der Waals surface area contributed by atoms with Gasteiger partial charge in [0.2, 0.25) is 0 Å². The van der Waals surface area contributed by atoms with Crippen LogP contribution >= 0.6 is 34.5 Å². The highest BCUT2D eigenvalue weighted by Gasteiger charge is 2.43. The number of carboxylic acids is 1. The summed E-state index contributed by atoms with van der Waals surface area (Å²) < 4.78 is 13.5. The summed E-state index contributed by atoms with van der Waals surface area (Å²) in [6.45, 7) is 1.52. The third-order valence-electron chi connectivity index (χ3n) is 6.77. The molecule has 200 valence electrons.